The van der Waals surface area contributed by atoms with Crippen molar-refractivity contribution in [2.45, 2.75) is 0 Å². The zero-order chi connectivity index (χ0) is 22.5. The van der Waals surface area contributed by atoms with Crippen LogP contribution in [-0.2, 0) is 9.53 Å². The number of amides is 1. The van der Waals surface area contributed by atoms with Crippen molar-refractivity contribution >= 4 is 23.3 Å². The van der Waals surface area contributed by atoms with Gasteiger partial charge in [-0.05, 0) is 36.4 Å². The van der Waals surface area contributed by atoms with Gasteiger partial charge in [-0.25, -0.2) is 4.79 Å². The van der Waals surface area contributed by atoms with E-state index in [0.717, 1.165) is 0 Å². The summed E-state index contributed by atoms with van der Waals surface area (Å²) in [4.78, 5) is 39.6. The molecule has 32 heavy (non-hydrogen) atoms. The molecular formula is C25H21NO6. The van der Waals surface area contributed by atoms with Crippen molar-refractivity contribution in [3.63, 3.8) is 0 Å². The lowest BCUT2D eigenvalue weighted by atomic mass is 9.98. The van der Waals surface area contributed by atoms with E-state index >= 15 is 0 Å². The number of hydrogen-bond acceptors (Lipinski definition) is 6. The second kappa shape index (κ2) is 9.34. The largest absolute Gasteiger partial charge is 0.486 e. The Kier molecular flexibility index (Phi) is 6.17. The Bertz CT molecular complexity index is 1160. The standard InChI is InChI=1S/C25H21NO6/c1-26(18-7-3-2-4-8-18)23(27)16-32-25(29)20-10-6-5-9-19(20)24(28)17-11-12-21-22(15-17)31-14-13-30-21/h2-12,15H,13-14,16H2,1H3. The van der Waals surface area contributed by atoms with E-state index in [-0.39, 0.29) is 22.8 Å². The first-order valence-corrected chi connectivity index (χ1v) is 10.1. The molecule has 0 aromatic heterocycles. The number of esters is 1. The minimum atomic E-state index is -0.749. The predicted molar refractivity (Wildman–Crippen MR) is 117 cm³/mol. The lowest BCUT2D eigenvalue weighted by molar-refractivity contribution is -0.121. The third-order valence-electron chi connectivity index (χ3n) is 5.04. The molecule has 4 rings (SSSR count). The van der Waals surface area contributed by atoms with Crippen LogP contribution in [-0.4, -0.2) is 44.5 Å². The van der Waals surface area contributed by atoms with E-state index in [1.807, 2.05) is 18.2 Å². The summed E-state index contributed by atoms with van der Waals surface area (Å²) in [6.07, 6.45) is 0. The van der Waals surface area contributed by atoms with Crippen molar-refractivity contribution in [2.75, 3.05) is 31.8 Å². The Morgan fingerprint density at radius 3 is 2.25 bits per heavy atom. The second-order valence-electron chi connectivity index (χ2n) is 7.10. The number of ketones is 1. The second-order valence-corrected chi connectivity index (χ2v) is 7.10. The average Bonchev–Trinajstić information content (AvgIpc) is 2.86. The fourth-order valence-corrected chi connectivity index (χ4v) is 3.30. The summed E-state index contributed by atoms with van der Waals surface area (Å²) in [5, 5.41) is 0. The first-order chi connectivity index (χ1) is 15.5. The number of hydrogen-bond donors (Lipinski definition) is 0. The van der Waals surface area contributed by atoms with Crippen LogP contribution >= 0.6 is 0 Å². The van der Waals surface area contributed by atoms with Crippen molar-refractivity contribution in [3.05, 3.63) is 89.5 Å². The maximum Gasteiger partial charge on any atom is 0.339 e. The number of likely N-dealkylation sites (N-methyl/N-ethyl adjacent to an activating group) is 1. The van der Waals surface area contributed by atoms with Crippen LogP contribution in [0.5, 0.6) is 11.5 Å². The van der Waals surface area contributed by atoms with E-state index in [0.29, 0.717) is 36.0 Å². The van der Waals surface area contributed by atoms with Crippen LogP contribution in [0.1, 0.15) is 26.3 Å². The highest BCUT2D eigenvalue weighted by atomic mass is 16.6. The smallest absolute Gasteiger partial charge is 0.339 e. The fourth-order valence-electron chi connectivity index (χ4n) is 3.30. The maximum absolute atomic E-state index is 13.1. The molecule has 0 unspecified atom stereocenters. The topological polar surface area (TPSA) is 82.1 Å². The van der Waals surface area contributed by atoms with Gasteiger partial charge >= 0.3 is 5.97 Å². The molecule has 0 spiro atoms. The van der Waals surface area contributed by atoms with E-state index in [9.17, 15) is 14.4 Å². The molecule has 1 aliphatic rings. The summed E-state index contributed by atoms with van der Waals surface area (Å²) in [6, 6.07) is 20.3. The Morgan fingerprint density at radius 2 is 1.50 bits per heavy atom. The molecule has 162 valence electrons. The van der Waals surface area contributed by atoms with Crippen molar-refractivity contribution in [3.8, 4) is 11.5 Å². The number of carbonyl (C=O) groups excluding carboxylic acids is 3. The summed E-state index contributed by atoms with van der Waals surface area (Å²) in [7, 11) is 1.60. The molecule has 0 saturated carbocycles. The third-order valence-corrected chi connectivity index (χ3v) is 5.04. The first-order valence-electron chi connectivity index (χ1n) is 10.1. The number of nitrogens with zero attached hydrogens (tertiary/aromatic N) is 1. The molecule has 0 bridgehead atoms. The van der Waals surface area contributed by atoms with Gasteiger partial charge in [-0.3, -0.25) is 9.59 Å². The average molecular weight is 431 g/mol. The molecule has 0 saturated heterocycles. The van der Waals surface area contributed by atoms with Gasteiger partial charge in [0.1, 0.15) is 13.2 Å². The van der Waals surface area contributed by atoms with Gasteiger partial charge in [-0.1, -0.05) is 36.4 Å². The SMILES string of the molecule is CN(C(=O)COC(=O)c1ccccc1C(=O)c1ccc2c(c1)OCCO2)c1ccccc1. The number of benzene rings is 3. The van der Waals surface area contributed by atoms with Crippen molar-refractivity contribution in [1.82, 2.24) is 0 Å². The number of fused-ring (bicyclic) bond motifs is 1. The minimum Gasteiger partial charge on any atom is -0.486 e. The summed E-state index contributed by atoms with van der Waals surface area (Å²) < 4.78 is 16.2. The number of anilines is 1. The highest BCUT2D eigenvalue weighted by Crippen LogP contribution is 2.31. The van der Waals surface area contributed by atoms with E-state index < -0.39 is 12.6 Å². The summed E-state index contributed by atoms with van der Waals surface area (Å²) >= 11 is 0. The molecule has 0 fully saturated rings. The van der Waals surface area contributed by atoms with Crippen LogP contribution in [0.2, 0.25) is 0 Å². The molecule has 3 aromatic carbocycles. The first kappa shape index (κ1) is 21.1. The number of ether oxygens (including phenoxy) is 3. The molecule has 3 aromatic rings. The quantitative estimate of drug-likeness (QED) is 0.439. The lowest BCUT2D eigenvalue weighted by Gasteiger charge is -2.19. The maximum atomic E-state index is 13.1. The van der Waals surface area contributed by atoms with Gasteiger partial charge < -0.3 is 19.1 Å². The summed E-state index contributed by atoms with van der Waals surface area (Å²) in [6.45, 7) is 0.406. The zero-order valence-electron chi connectivity index (χ0n) is 17.4. The van der Waals surface area contributed by atoms with Gasteiger partial charge in [0.25, 0.3) is 5.91 Å². The van der Waals surface area contributed by atoms with Gasteiger partial charge in [-0.2, -0.15) is 0 Å². The molecule has 1 amide bonds. The molecule has 7 heteroatoms. The fraction of sp³-hybridized carbons (Fsp3) is 0.160. The molecule has 0 N–H and O–H groups in total. The molecule has 7 nitrogen and oxygen atoms in total. The molecule has 0 radical (unpaired) electrons. The normalized spacial score (nSPS) is 12.0. The van der Waals surface area contributed by atoms with Crippen molar-refractivity contribution < 1.29 is 28.6 Å². The molecule has 0 aliphatic carbocycles. The van der Waals surface area contributed by atoms with Crippen molar-refractivity contribution in [1.29, 1.82) is 0 Å². The van der Waals surface area contributed by atoms with Crippen LogP contribution in [0.25, 0.3) is 0 Å². The summed E-state index contributed by atoms with van der Waals surface area (Å²) in [5.74, 6) is -0.443. The van der Waals surface area contributed by atoms with Gasteiger partial charge in [-0.15, -0.1) is 0 Å². The Morgan fingerprint density at radius 1 is 0.844 bits per heavy atom. The number of para-hydroxylation sites is 1. The van der Waals surface area contributed by atoms with E-state index in [1.54, 1.807) is 55.6 Å². The van der Waals surface area contributed by atoms with Gasteiger partial charge in [0, 0.05) is 23.9 Å². The Labute approximate surface area is 185 Å². The van der Waals surface area contributed by atoms with Crippen molar-refractivity contribution in [2.24, 2.45) is 0 Å². The Hall–Kier alpha value is -4.13. The molecule has 1 heterocycles. The third kappa shape index (κ3) is 4.46. The monoisotopic (exact) mass is 431 g/mol. The zero-order valence-corrected chi connectivity index (χ0v) is 17.4. The highest BCUT2D eigenvalue weighted by molar-refractivity contribution is 6.14. The van der Waals surface area contributed by atoms with Crippen LogP contribution < -0.4 is 14.4 Å². The number of carbonyl (C=O) groups is 3. The van der Waals surface area contributed by atoms with Crippen LogP contribution in [0.15, 0.2) is 72.8 Å². The van der Waals surface area contributed by atoms with Crippen LogP contribution in [0.4, 0.5) is 5.69 Å². The predicted octanol–water partition coefficient (Wildman–Crippen LogP) is 3.51. The van der Waals surface area contributed by atoms with E-state index in [1.165, 1.54) is 11.0 Å². The Balaban J connectivity index is 1.48. The highest BCUT2D eigenvalue weighted by Gasteiger charge is 2.22. The van der Waals surface area contributed by atoms with E-state index in [2.05, 4.69) is 0 Å². The van der Waals surface area contributed by atoms with Gasteiger partial charge in [0.15, 0.2) is 23.9 Å². The minimum absolute atomic E-state index is 0.0857. The van der Waals surface area contributed by atoms with Crippen LogP contribution in [0, 0.1) is 0 Å². The molecular weight excluding hydrogens is 410 g/mol. The van der Waals surface area contributed by atoms with E-state index in [4.69, 9.17) is 14.2 Å². The van der Waals surface area contributed by atoms with Gasteiger partial charge in [0.05, 0.1) is 5.56 Å². The molecule has 0 atom stereocenters. The molecule has 1 aliphatic heterocycles. The number of rotatable bonds is 6. The lowest BCUT2D eigenvalue weighted by Crippen LogP contribution is -2.31. The van der Waals surface area contributed by atoms with Crippen LogP contribution in [0.3, 0.4) is 0 Å². The van der Waals surface area contributed by atoms with Gasteiger partial charge in [0.2, 0.25) is 0 Å². The summed E-state index contributed by atoms with van der Waals surface area (Å²) in [5.41, 5.74) is 1.30.